The number of furan rings is 1. The molecule has 8 aromatic carbocycles. The van der Waals surface area contributed by atoms with Crippen LogP contribution in [0, 0.1) is 11.3 Å². The van der Waals surface area contributed by atoms with Crippen LogP contribution in [-0.2, 0) is 0 Å². The minimum absolute atomic E-state index is 0.597. The second-order valence-corrected chi connectivity index (χ2v) is 13.6. The zero-order valence-electron chi connectivity index (χ0n) is 28.5. The maximum absolute atomic E-state index is 10.9. The number of fused-ring (bicyclic) bond motifs is 12. The predicted octanol–water partition coefficient (Wildman–Crippen LogP) is 13.0. The molecule has 0 aliphatic heterocycles. The molecule has 0 spiro atoms. The van der Waals surface area contributed by atoms with Gasteiger partial charge in [0.05, 0.1) is 44.1 Å². The number of nitriles is 1. The molecule has 0 unspecified atom stereocenters. The molecule has 11 aromatic rings. The Kier molecular flexibility index (Phi) is 6.28. The summed E-state index contributed by atoms with van der Waals surface area (Å²) in [7, 11) is 0. The second kappa shape index (κ2) is 11.3. The lowest BCUT2D eigenvalue weighted by Gasteiger charge is -2.14. The first-order valence-electron chi connectivity index (χ1n) is 17.8. The fourth-order valence-electron chi connectivity index (χ4n) is 8.48. The Hall–Kier alpha value is -7.35. The third-order valence-corrected chi connectivity index (χ3v) is 10.7. The Morgan fingerprint density at radius 3 is 1.74 bits per heavy atom. The largest absolute Gasteiger partial charge is 0.455 e. The standard InChI is InChI=1S/C49H29N3O/c50-30-35-29-34(33-17-13-16-32(28-33)31-14-3-1-4-15-31)26-27-40(35)52-42-24-11-7-20-37(42)44-47-45(49-46(48(44)52)39-22-9-12-25-43(39)53-49)38-21-8-10-23-41(38)51(47)36-18-5-2-6-19-36/h1-29H. The van der Waals surface area contributed by atoms with Crippen LogP contribution in [0.2, 0.25) is 0 Å². The molecule has 0 atom stereocenters. The normalized spacial score (nSPS) is 11.8. The van der Waals surface area contributed by atoms with Crippen LogP contribution in [0.1, 0.15) is 5.56 Å². The number of hydrogen-bond acceptors (Lipinski definition) is 2. The molecule has 0 N–H and O–H groups in total. The molecular formula is C49H29N3O. The summed E-state index contributed by atoms with van der Waals surface area (Å²) >= 11 is 0. The summed E-state index contributed by atoms with van der Waals surface area (Å²) in [5, 5.41) is 17.4. The molecule has 53 heavy (non-hydrogen) atoms. The van der Waals surface area contributed by atoms with Gasteiger partial charge >= 0.3 is 0 Å². The van der Waals surface area contributed by atoms with Crippen molar-refractivity contribution in [2.75, 3.05) is 0 Å². The van der Waals surface area contributed by atoms with Gasteiger partial charge in [0.2, 0.25) is 0 Å². The van der Waals surface area contributed by atoms with Crippen LogP contribution in [0.3, 0.4) is 0 Å². The highest BCUT2D eigenvalue weighted by Gasteiger charge is 2.28. The summed E-state index contributed by atoms with van der Waals surface area (Å²) in [6.07, 6.45) is 0. The van der Waals surface area contributed by atoms with Gasteiger partial charge in [0.15, 0.2) is 0 Å². The molecule has 4 nitrogen and oxygen atoms in total. The zero-order chi connectivity index (χ0) is 35.0. The summed E-state index contributed by atoms with van der Waals surface area (Å²) in [4.78, 5) is 0. The molecule has 0 aliphatic carbocycles. The van der Waals surface area contributed by atoms with Gasteiger partial charge in [-0.25, -0.2) is 0 Å². The molecular weight excluding hydrogens is 647 g/mol. The molecule has 3 aromatic heterocycles. The van der Waals surface area contributed by atoms with Crippen molar-refractivity contribution < 1.29 is 4.42 Å². The van der Waals surface area contributed by atoms with Crippen molar-refractivity contribution >= 4 is 65.6 Å². The van der Waals surface area contributed by atoms with E-state index in [0.717, 1.165) is 99.2 Å². The van der Waals surface area contributed by atoms with E-state index in [2.05, 4.69) is 173 Å². The molecule has 0 bridgehead atoms. The third-order valence-electron chi connectivity index (χ3n) is 10.7. The number of nitrogens with zero attached hydrogens (tertiary/aromatic N) is 3. The number of para-hydroxylation sites is 4. The van der Waals surface area contributed by atoms with Gasteiger partial charge in [-0.15, -0.1) is 0 Å². The SMILES string of the molecule is N#Cc1cc(-c2cccc(-c3ccccc3)c2)ccc1-n1c2ccccc2c2c3c(c4ccccc4n3-c3ccccc3)c3oc4ccccc4c3c21. The smallest absolute Gasteiger partial charge is 0.147 e. The van der Waals surface area contributed by atoms with Gasteiger partial charge in [0.1, 0.15) is 17.2 Å². The lowest BCUT2D eigenvalue weighted by atomic mass is 9.97. The average molecular weight is 676 g/mol. The van der Waals surface area contributed by atoms with Crippen molar-refractivity contribution in [3.05, 3.63) is 181 Å². The maximum Gasteiger partial charge on any atom is 0.147 e. The van der Waals surface area contributed by atoms with Crippen LogP contribution in [0.25, 0.3) is 99.2 Å². The quantitative estimate of drug-likeness (QED) is 0.186. The van der Waals surface area contributed by atoms with Gasteiger partial charge in [0, 0.05) is 27.2 Å². The Morgan fingerprint density at radius 2 is 0.981 bits per heavy atom. The summed E-state index contributed by atoms with van der Waals surface area (Å²) < 4.78 is 11.6. The highest BCUT2D eigenvalue weighted by Crippen LogP contribution is 2.49. The summed E-state index contributed by atoms with van der Waals surface area (Å²) in [6.45, 7) is 0. The lowest BCUT2D eigenvalue weighted by molar-refractivity contribution is 0.673. The van der Waals surface area contributed by atoms with Gasteiger partial charge in [-0.3, -0.25) is 0 Å². The van der Waals surface area contributed by atoms with Crippen LogP contribution in [0.15, 0.2) is 180 Å². The first-order chi connectivity index (χ1) is 26.3. The van der Waals surface area contributed by atoms with E-state index in [9.17, 15) is 5.26 Å². The van der Waals surface area contributed by atoms with E-state index < -0.39 is 0 Å². The van der Waals surface area contributed by atoms with Crippen molar-refractivity contribution in [2.24, 2.45) is 0 Å². The third kappa shape index (κ3) is 4.22. The van der Waals surface area contributed by atoms with Crippen LogP contribution in [-0.4, -0.2) is 9.13 Å². The topological polar surface area (TPSA) is 46.8 Å². The first-order valence-corrected chi connectivity index (χ1v) is 17.8. The Bertz CT molecular complexity index is 3280. The van der Waals surface area contributed by atoms with Gasteiger partial charge in [-0.1, -0.05) is 127 Å². The van der Waals surface area contributed by atoms with Gasteiger partial charge < -0.3 is 13.6 Å². The first kappa shape index (κ1) is 29.4. The summed E-state index contributed by atoms with van der Waals surface area (Å²) in [5.74, 6) is 0. The van der Waals surface area contributed by atoms with Crippen molar-refractivity contribution in [3.63, 3.8) is 0 Å². The number of aromatic nitrogens is 2. The van der Waals surface area contributed by atoms with E-state index in [0.29, 0.717) is 5.56 Å². The summed E-state index contributed by atoms with van der Waals surface area (Å²) in [6, 6.07) is 63.9. The molecule has 0 fully saturated rings. The van der Waals surface area contributed by atoms with Gasteiger partial charge in [-0.05, 0) is 70.8 Å². The second-order valence-electron chi connectivity index (χ2n) is 13.6. The maximum atomic E-state index is 10.9. The minimum atomic E-state index is 0.597. The van der Waals surface area contributed by atoms with E-state index >= 15 is 0 Å². The van der Waals surface area contributed by atoms with Crippen LogP contribution < -0.4 is 0 Å². The Balaban J connectivity index is 1.29. The minimum Gasteiger partial charge on any atom is -0.455 e. The molecule has 0 aliphatic rings. The number of benzene rings is 8. The van der Waals surface area contributed by atoms with Crippen LogP contribution in [0.4, 0.5) is 0 Å². The van der Waals surface area contributed by atoms with Crippen molar-refractivity contribution in [3.8, 4) is 39.7 Å². The number of hydrogen-bond donors (Lipinski definition) is 0. The molecule has 4 heteroatoms. The molecule has 0 amide bonds. The highest BCUT2D eigenvalue weighted by atomic mass is 16.3. The van der Waals surface area contributed by atoms with Crippen LogP contribution >= 0.6 is 0 Å². The van der Waals surface area contributed by atoms with Gasteiger partial charge in [-0.2, -0.15) is 5.26 Å². The molecule has 0 radical (unpaired) electrons. The zero-order valence-corrected chi connectivity index (χ0v) is 28.5. The Morgan fingerprint density at radius 1 is 0.434 bits per heavy atom. The molecule has 3 heterocycles. The van der Waals surface area contributed by atoms with Crippen molar-refractivity contribution in [1.82, 2.24) is 9.13 Å². The predicted molar refractivity (Wildman–Crippen MR) is 218 cm³/mol. The molecule has 11 rings (SSSR count). The van der Waals surface area contributed by atoms with Crippen molar-refractivity contribution in [1.29, 1.82) is 5.26 Å². The molecule has 246 valence electrons. The highest BCUT2D eigenvalue weighted by molar-refractivity contribution is 6.39. The van der Waals surface area contributed by atoms with Crippen LogP contribution in [0.5, 0.6) is 0 Å². The van der Waals surface area contributed by atoms with Crippen molar-refractivity contribution in [2.45, 2.75) is 0 Å². The fraction of sp³-hybridized carbons (Fsp3) is 0. The van der Waals surface area contributed by atoms with E-state index in [-0.39, 0.29) is 0 Å². The fourth-order valence-corrected chi connectivity index (χ4v) is 8.48. The monoisotopic (exact) mass is 675 g/mol. The Labute approximate surface area is 304 Å². The summed E-state index contributed by atoms with van der Waals surface area (Å²) in [5.41, 5.74) is 12.8. The van der Waals surface area contributed by atoms with E-state index in [4.69, 9.17) is 4.42 Å². The van der Waals surface area contributed by atoms with Gasteiger partial charge in [0.25, 0.3) is 0 Å². The number of rotatable bonds is 4. The molecule has 0 saturated carbocycles. The van der Waals surface area contributed by atoms with E-state index in [1.165, 1.54) is 0 Å². The van der Waals surface area contributed by atoms with E-state index in [1.807, 2.05) is 18.2 Å². The van der Waals surface area contributed by atoms with E-state index in [1.54, 1.807) is 0 Å². The average Bonchev–Trinajstić information content (AvgIpc) is 3.89. The lowest BCUT2D eigenvalue weighted by Crippen LogP contribution is -1.99. The molecule has 0 saturated heterocycles.